The van der Waals surface area contributed by atoms with Crippen LogP contribution in [0.15, 0.2) is 54.6 Å². The fourth-order valence-corrected chi connectivity index (χ4v) is 4.91. The van der Waals surface area contributed by atoms with E-state index in [1.54, 1.807) is 0 Å². The number of carbonyl (C=O) groups is 1. The van der Waals surface area contributed by atoms with Crippen molar-refractivity contribution in [2.24, 2.45) is 7.05 Å². The molecule has 0 radical (unpaired) electrons. The Morgan fingerprint density at radius 3 is 2.36 bits per heavy atom. The van der Waals surface area contributed by atoms with E-state index in [1.807, 2.05) is 54.9 Å². The molecule has 4 rings (SSSR count). The van der Waals surface area contributed by atoms with E-state index in [1.165, 1.54) is 0 Å². The highest BCUT2D eigenvalue weighted by atomic mass is 35.5. The average Bonchev–Trinajstić information content (AvgIpc) is 3.01. The summed E-state index contributed by atoms with van der Waals surface area (Å²) < 4.78 is 2.05. The second-order valence-electron chi connectivity index (χ2n) is 9.01. The Kier molecular flexibility index (Phi) is 6.22. The van der Waals surface area contributed by atoms with Gasteiger partial charge in [0.25, 0.3) is 0 Å². The molecule has 0 aliphatic heterocycles. The molecule has 0 saturated heterocycles. The van der Waals surface area contributed by atoms with Crippen molar-refractivity contribution in [3.8, 4) is 11.1 Å². The van der Waals surface area contributed by atoms with Crippen molar-refractivity contribution in [3.63, 3.8) is 0 Å². The van der Waals surface area contributed by atoms with Crippen LogP contribution in [0.2, 0.25) is 5.02 Å². The number of aromatic nitrogens is 1. The molecule has 5 heteroatoms. The first-order chi connectivity index (χ1) is 15.7. The van der Waals surface area contributed by atoms with Crippen LogP contribution in [0.25, 0.3) is 22.0 Å². The van der Waals surface area contributed by atoms with Crippen molar-refractivity contribution in [3.05, 3.63) is 81.9 Å². The number of fused-ring (bicyclic) bond motifs is 1. The van der Waals surface area contributed by atoms with Crippen molar-refractivity contribution < 1.29 is 4.79 Å². The van der Waals surface area contributed by atoms with Crippen molar-refractivity contribution in [2.45, 2.75) is 40.5 Å². The lowest BCUT2D eigenvalue weighted by Crippen LogP contribution is -2.22. The Hall–Kier alpha value is -3.24. The summed E-state index contributed by atoms with van der Waals surface area (Å²) in [5, 5.41) is 7.95. The van der Waals surface area contributed by atoms with Crippen LogP contribution >= 0.6 is 11.6 Å². The number of anilines is 2. The molecule has 4 nitrogen and oxygen atoms in total. The van der Waals surface area contributed by atoms with E-state index < -0.39 is 0 Å². The Morgan fingerprint density at radius 2 is 1.67 bits per heavy atom. The lowest BCUT2D eigenvalue weighted by molar-refractivity contribution is 0.262. The minimum atomic E-state index is -0.278. The zero-order valence-electron chi connectivity index (χ0n) is 20.0. The molecular formula is C28H30ClN3O. The molecule has 3 aromatic carbocycles. The van der Waals surface area contributed by atoms with Gasteiger partial charge in [0.05, 0.1) is 5.52 Å². The van der Waals surface area contributed by atoms with Crippen molar-refractivity contribution in [1.82, 2.24) is 4.57 Å². The molecule has 0 saturated carbocycles. The molecule has 0 bridgehead atoms. The van der Waals surface area contributed by atoms with Gasteiger partial charge in [0.2, 0.25) is 0 Å². The number of urea groups is 1. The Bertz CT molecular complexity index is 1370. The standard InChI is InChI=1S/C28H30ClN3O/c1-16(2)20-12-9-10-18(4)25(20)30-28(33)31-27-24(21-11-7-8-13-23(21)29)22-15-17(3)14-19(5)26(22)32(27)6/h7-16H,1-6H3,(H2,30,31,33). The number of hydrogen-bond donors (Lipinski definition) is 2. The maximum atomic E-state index is 13.3. The number of benzene rings is 3. The van der Waals surface area contributed by atoms with Gasteiger partial charge >= 0.3 is 6.03 Å². The normalized spacial score (nSPS) is 11.3. The number of hydrogen-bond acceptors (Lipinski definition) is 1. The maximum Gasteiger partial charge on any atom is 0.324 e. The second kappa shape index (κ2) is 8.95. The van der Waals surface area contributed by atoms with Crippen LogP contribution in [0.1, 0.15) is 42.0 Å². The summed E-state index contributed by atoms with van der Waals surface area (Å²) in [6.07, 6.45) is 0. The largest absolute Gasteiger partial charge is 0.330 e. The maximum absolute atomic E-state index is 13.3. The highest BCUT2D eigenvalue weighted by molar-refractivity contribution is 6.34. The Labute approximate surface area is 200 Å². The smallest absolute Gasteiger partial charge is 0.324 e. The van der Waals surface area contributed by atoms with Gasteiger partial charge in [0.15, 0.2) is 0 Å². The second-order valence-corrected chi connectivity index (χ2v) is 9.42. The number of aryl methyl sites for hydroxylation is 4. The van der Waals surface area contributed by atoms with E-state index in [4.69, 9.17) is 11.6 Å². The Morgan fingerprint density at radius 1 is 0.939 bits per heavy atom. The molecule has 0 spiro atoms. The van der Waals surface area contributed by atoms with Crippen LogP contribution in [-0.4, -0.2) is 10.6 Å². The van der Waals surface area contributed by atoms with Gasteiger partial charge in [-0.3, -0.25) is 5.32 Å². The number of rotatable bonds is 4. The predicted molar refractivity (Wildman–Crippen MR) is 141 cm³/mol. The highest BCUT2D eigenvalue weighted by Crippen LogP contribution is 2.42. The summed E-state index contributed by atoms with van der Waals surface area (Å²) in [5.41, 5.74) is 8.20. The molecule has 0 aliphatic rings. The van der Waals surface area contributed by atoms with Gasteiger partial charge in [-0.1, -0.05) is 73.5 Å². The predicted octanol–water partition coefficient (Wildman–Crippen LogP) is 8.19. The van der Waals surface area contributed by atoms with Crippen LogP contribution in [0.5, 0.6) is 0 Å². The zero-order chi connectivity index (χ0) is 23.9. The summed E-state index contributed by atoms with van der Waals surface area (Å²) in [6, 6.07) is 17.9. The first-order valence-electron chi connectivity index (χ1n) is 11.2. The van der Waals surface area contributed by atoms with Gasteiger partial charge in [-0.15, -0.1) is 0 Å². The van der Waals surface area contributed by atoms with E-state index in [2.05, 4.69) is 56.5 Å². The minimum Gasteiger partial charge on any atom is -0.330 e. The molecule has 2 amide bonds. The molecule has 1 heterocycles. The molecule has 4 aromatic rings. The van der Waals surface area contributed by atoms with E-state index in [0.29, 0.717) is 16.8 Å². The first-order valence-corrected chi connectivity index (χ1v) is 11.6. The fraction of sp³-hybridized carbons (Fsp3) is 0.250. The Balaban J connectivity index is 1.85. The van der Waals surface area contributed by atoms with Gasteiger partial charge in [-0.25, -0.2) is 4.79 Å². The third kappa shape index (κ3) is 4.23. The molecular weight excluding hydrogens is 430 g/mol. The van der Waals surface area contributed by atoms with Crippen LogP contribution in [0.3, 0.4) is 0 Å². The number of amides is 2. The average molecular weight is 460 g/mol. The first kappa shape index (κ1) is 22.9. The van der Waals surface area contributed by atoms with Gasteiger partial charge < -0.3 is 9.88 Å². The number of nitrogens with one attached hydrogen (secondary N) is 2. The number of nitrogens with zero attached hydrogens (tertiary/aromatic N) is 1. The zero-order valence-corrected chi connectivity index (χ0v) is 20.8. The number of carbonyl (C=O) groups excluding carboxylic acids is 1. The van der Waals surface area contributed by atoms with Crippen LogP contribution < -0.4 is 10.6 Å². The third-order valence-electron chi connectivity index (χ3n) is 6.16. The van der Waals surface area contributed by atoms with Crippen molar-refractivity contribution in [2.75, 3.05) is 10.6 Å². The van der Waals surface area contributed by atoms with E-state index in [-0.39, 0.29) is 6.03 Å². The molecule has 1 aromatic heterocycles. The van der Waals surface area contributed by atoms with Crippen LogP contribution in [-0.2, 0) is 7.05 Å². The third-order valence-corrected chi connectivity index (χ3v) is 6.49. The SMILES string of the molecule is Cc1cc(C)c2c(c1)c(-c1ccccc1Cl)c(NC(=O)Nc1c(C)cccc1C(C)C)n2C. The van der Waals surface area contributed by atoms with Gasteiger partial charge in [-0.2, -0.15) is 0 Å². The molecule has 0 fully saturated rings. The van der Waals surface area contributed by atoms with E-state index in [9.17, 15) is 4.79 Å². The van der Waals surface area contributed by atoms with Crippen molar-refractivity contribution >= 4 is 40.0 Å². The summed E-state index contributed by atoms with van der Waals surface area (Å²) in [6.45, 7) is 10.4. The van der Waals surface area contributed by atoms with Gasteiger partial charge in [0, 0.05) is 34.3 Å². The monoisotopic (exact) mass is 459 g/mol. The number of halogens is 1. The van der Waals surface area contributed by atoms with Crippen LogP contribution in [0, 0.1) is 20.8 Å². The summed E-state index contributed by atoms with van der Waals surface area (Å²) in [4.78, 5) is 13.3. The van der Waals surface area contributed by atoms with Gasteiger partial charge in [0.1, 0.15) is 5.82 Å². The van der Waals surface area contributed by atoms with Crippen molar-refractivity contribution in [1.29, 1.82) is 0 Å². The van der Waals surface area contributed by atoms with Gasteiger partial charge in [-0.05, 0) is 55.5 Å². The van der Waals surface area contributed by atoms with E-state index >= 15 is 0 Å². The lowest BCUT2D eigenvalue weighted by Gasteiger charge is -2.18. The molecule has 0 unspecified atom stereocenters. The molecule has 0 aliphatic carbocycles. The number of para-hydroxylation sites is 1. The lowest BCUT2D eigenvalue weighted by atomic mass is 9.98. The molecule has 2 N–H and O–H groups in total. The molecule has 0 atom stereocenters. The quantitative estimate of drug-likeness (QED) is 0.317. The summed E-state index contributed by atoms with van der Waals surface area (Å²) in [5.74, 6) is 1.01. The topological polar surface area (TPSA) is 46.1 Å². The van der Waals surface area contributed by atoms with E-state index in [0.717, 1.165) is 50.0 Å². The summed E-state index contributed by atoms with van der Waals surface area (Å²) in [7, 11) is 1.98. The fourth-order valence-electron chi connectivity index (χ4n) is 4.68. The summed E-state index contributed by atoms with van der Waals surface area (Å²) >= 11 is 6.63. The minimum absolute atomic E-state index is 0.278. The molecule has 170 valence electrons. The van der Waals surface area contributed by atoms with Crippen LogP contribution in [0.4, 0.5) is 16.3 Å². The molecule has 33 heavy (non-hydrogen) atoms. The highest BCUT2D eigenvalue weighted by Gasteiger charge is 2.22.